The maximum Gasteiger partial charge on any atom is 0.306 e. The lowest BCUT2D eigenvalue weighted by atomic mass is 10.0. The second-order valence-electron chi connectivity index (χ2n) is 20.6. The Balaban J connectivity index is 4.39. The average molecular weight is 1050 g/mol. The van der Waals surface area contributed by atoms with Crippen LogP contribution in [0.4, 0.5) is 0 Å². The summed E-state index contributed by atoms with van der Waals surface area (Å²) in [4.78, 5) is 38.3. The molecule has 6 nitrogen and oxygen atoms in total. The van der Waals surface area contributed by atoms with Crippen molar-refractivity contribution in [1.82, 2.24) is 0 Å². The largest absolute Gasteiger partial charge is 0.462 e. The van der Waals surface area contributed by atoms with Crippen LogP contribution in [0.15, 0.2) is 122 Å². The van der Waals surface area contributed by atoms with Crippen LogP contribution in [0.25, 0.3) is 0 Å². The first-order valence-corrected chi connectivity index (χ1v) is 31.5. The van der Waals surface area contributed by atoms with Gasteiger partial charge >= 0.3 is 17.9 Å². The summed E-state index contributed by atoms with van der Waals surface area (Å²) in [7, 11) is 0. The molecular weight excluding hydrogens is 937 g/mol. The van der Waals surface area contributed by atoms with E-state index in [0.29, 0.717) is 19.3 Å². The molecule has 0 spiro atoms. The summed E-state index contributed by atoms with van der Waals surface area (Å²) < 4.78 is 16.9. The highest BCUT2D eigenvalue weighted by atomic mass is 16.6. The van der Waals surface area contributed by atoms with E-state index >= 15 is 0 Å². The standard InChI is InChI=1S/C70H116O6/c1-4-7-10-13-16-19-22-25-27-29-31-33-35-37-39-41-43-45-48-51-54-57-60-63-69(72)75-66-67(65-74-68(71)62-59-56-53-50-47-24-21-18-15-12-9-6-3)76-70(73)64-61-58-55-52-49-46-44-42-40-38-36-34-32-30-28-26-23-20-17-14-11-8-5-2/h7-8,10-11,16-17,19-20,25-28,31-34,37,39,43,45,67H,4-6,9,12-15,18,21-24,29-30,35-36,38,40-42,44,46-66H2,1-3H3/b10-7-,11-8-,19-16-,20-17-,27-25-,28-26-,33-31-,34-32-,39-37-,45-43-. The van der Waals surface area contributed by atoms with Crippen molar-refractivity contribution in [2.75, 3.05) is 13.2 Å². The van der Waals surface area contributed by atoms with Gasteiger partial charge in [-0.3, -0.25) is 14.4 Å². The van der Waals surface area contributed by atoms with Crippen molar-refractivity contribution >= 4 is 17.9 Å². The molecule has 1 unspecified atom stereocenters. The van der Waals surface area contributed by atoms with E-state index in [1.165, 1.54) is 109 Å². The van der Waals surface area contributed by atoms with E-state index in [0.717, 1.165) is 135 Å². The van der Waals surface area contributed by atoms with Crippen molar-refractivity contribution in [1.29, 1.82) is 0 Å². The zero-order valence-corrected chi connectivity index (χ0v) is 49.5. The molecule has 0 bridgehead atoms. The lowest BCUT2D eigenvalue weighted by molar-refractivity contribution is -0.167. The van der Waals surface area contributed by atoms with Crippen molar-refractivity contribution < 1.29 is 28.6 Å². The normalized spacial score (nSPS) is 12.9. The van der Waals surface area contributed by atoms with Gasteiger partial charge in [-0.15, -0.1) is 0 Å². The second kappa shape index (κ2) is 63.3. The summed E-state index contributed by atoms with van der Waals surface area (Å²) in [5.74, 6) is -0.914. The number of ether oxygens (including phenoxy) is 3. The van der Waals surface area contributed by atoms with Crippen molar-refractivity contribution in [3.63, 3.8) is 0 Å². The van der Waals surface area contributed by atoms with Crippen LogP contribution in [0.3, 0.4) is 0 Å². The van der Waals surface area contributed by atoms with Gasteiger partial charge in [0.05, 0.1) is 0 Å². The van der Waals surface area contributed by atoms with Gasteiger partial charge in [-0.25, -0.2) is 0 Å². The van der Waals surface area contributed by atoms with E-state index in [9.17, 15) is 14.4 Å². The third kappa shape index (κ3) is 60.7. The highest BCUT2D eigenvalue weighted by Gasteiger charge is 2.19. The molecule has 6 heteroatoms. The van der Waals surface area contributed by atoms with Crippen LogP contribution in [0.5, 0.6) is 0 Å². The first-order chi connectivity index (χ1) is 37.5. The summed E-state index contributed by atoms with van der Waals surface area (Å²) >= 11 is 0. The van der Waals surface area contributed by atoms with Crippen molar-refractivity contribution in [2.45, 2.75) is 290 Å². The SMILES string of the molecule is CC/C=C\C/C=C\C/C=C\C/C=C\C/C=C\C/C=C\CCCCCCC(=O)OCC(COC(=O)CCCCCCCCCCCCCC)OC(=O)CCCCCCCCCCCC/C=C\C/C=C\C/C=C\C/C=C\CC. The van der Waals surface area contributed by atoms with Gasteiger partial charge in [0.1, 0.15) is 13.2 Å². The van der Waals surface area contributed by atoms with Gasteiger partial charge in [-0.05, 0) is 109 Å². The van der Waals surface area contributed by atoms with Crippen molar-refractivity contribution in [2.24, 2.45) is 0 Å². The van der Waals surface area contributed by atoms with Gasteiger partial charge in [0, 0.05) is 19.3 Å². The number of carbonyl (C=O) groups excluding carboxylic acids is 3. The Morgan fingerprint density at radius 3 is 0.803 bits per heavy atom. The molecule has 0 radical (unpaired) electrons. The Morgan fingerprint density at radius 1 is 0.276 bits per heavy atom. The van der Waals surface area contributed by atoms with E-state index in [2.05, 4.69) is 142 Å². The number of rotatable bonds is 56. The fourth-order valence-corrected chi connectivity index (χ4v) is 8.56. The smallest absolute Gasteiger partial charge is 0.306 e. The van der Waals surface area contributed by atoms with Crippen molar-refractivity contribution in [3.05, 3.63) is 122 Å². The first kappa shape index (κ1) is 71.8. The van der Waals surface area contributed by atoms with Crippen molar-refractivity contribution in [3.8, 4) is 0 Å². The third-order valence-corrected chi connectivity index (χ3v) is 13.2. The van der Waals surface area contributed by atoms with E-state index < -0.39 is 6.10 Å². The number of allylic oxidation sites excluding steroid dienone is 20. The number of hydrogen-bond donors (Lipinski definition) is 0. The van der Waals surface area contributed by atoms with Crippen LogP contribution < -0.4 is 0 Å². The molecule has 76 heavy (non-hydrogen) atoms. The Morgan fingerprint density at radius 2 is 0.513 bits per heavy atom. The highest BCUT2D eigenvalue weighted by molar-refractivity contribution is 5.71. The average Bonchev–Trinajstić information content (AvgIpc) is 3.42. The van der Waals surface area contributed by atoms with Gasteiger partial charge in [-0.2, -0.15) is 0 Å². The topological polar surface area (TPSA) is 78.9 Å². The van der Waals surface area contributed by atoms with Crippen LogP contribution in [0.1, 0.15) is 284 Å². The molecule has 0 aliphatic rings. The molecule has 0 N–H and O–H groups in total. The van der Waals surface area contributed by atoms with Crippen LogP contribution in [-0.2, 0) is 28.6 Å². The minimum Gasteiger partial charge on any atom is -0.462 e. The number of esters is 3. The molecule has 0 saturated heterocycles. The Hall–Kier alpha value is -4.19. The maximum absolute atomic E-state index is 12.9. The molecule has 0 saturated carbocycles. The Labute approximate surface area is 469 Å². The third-order valence-electron chi connectivity index (χ3n) is 13.2. The minimum atomic E-state index is -0.794. The quantitative estimate of drug-likeness (QED) is 0.0261. The van der Waals surface area contributed by atoms with Gasteiger partial charge < -0.3 is 14.2 Å². The molecule has 0 aliphatic carbocycles. The van der Waals surface area contributed by atoms with E-state index in [1.807, 2.05) is 0 Å². The number of unbranched alkanes of at least 4 members (excludes halogenated alkanes) is 25. The summed E-state index contributed by atoms with van der Waals surface area (Å²) in [5, 5.41) is 0. The summed E-state index contributed by atoms with van der Waals surface area (Å²) in [6.45, 7) is 6.40. The number of carbonyl (C=O) groups is 3. The Kier molecular flexibility index (Phi) is 59.9. The molecular formula is C70H116O6. The van der Waals surface area contributed by atoms with Gasteiger partial charge in [0.15, 0.2) is 6.10 Å². The predicted octanol–water partition coefficient (Wildman–Crippen LogP) is 21.6. The molecule has 0 aromatic carbocycles. The summed E-state index contributed by atoms with van der Waals surface area (Å²) in [5.41, 5.74) is 0. The molecule has 0 heterocycles. The van der Waals surface area contributed by atoms with Crippen LogP contribution in [-0.4, -0.2) is 37.2 Å². The van der Waals surface area contributed by atoms with Gasteiger partial charge in [0.2, 0.25) is 0 Å². The van der Waals surface area contributed by atoms with Gasteiger partial charge in [-0.1, -0.05) is 277 Å². The zero-order valence-electron chi connectivity index (χ0n) is 49.5. The lowest BCUT2D eigenvalue weighted by Gasteiger charge is -2.18. The van der Waals surface area contributed by atoms with E-state index in [1.54, 1.807) is 0 Å². The van der Waals surface area contributed by atoms with Crippen LogP contribution >= 0.6 is 0 Å². The summed E-state index contributed by atoms with van der Waals surface area (Å²) in [6.07, 6.45) is 87.7. The number of hydrogen-bond acceptors (Lipinski definition) is 6. The molecule has 432 valence electrons. The molecule has 0 aliphatic heterocycles. The molecule has 0 aromatic rings. The molecule has 0 fully saturated rings. The van der Waals surface area contributed by atoms with E-state index in [4.69, 9.17) is 14.2 Å². The second-order valence-corrected chi connectivity index (χ2v) is 20.6. The highest BCUT2D eigenvalue weighted by Crippen LogP contribution is 2.16. The van der Waals surface area contributed by atoms with Crippen LogP contribution in [0.2, 0.25) is 0 Å². The monoisotopic (exact) mass is 1050 g/mol. The molecule has 0 rings (SSSR count). The molecule has 0 amide bonds. The minimum absolute atomic E-state index is 0.0882. The van der Waals surface area contributed by atoms with Gasteiger partial charge in [0.25, 0.3) is 0 Å². The first-order valence-electron chi connectivity index (χ1n) is 31.5. The fraction of sp³-hybridized carbons (Fsp3) is 0.671. The molecule has 1 atom stereocenters. The lowest BCUT2D eigenvalue weighted by Crippen LogP contribution is -2.30. The van der Waals surface area contributed by atoms with Crippen LogP contribution in [0, 0.1) is 0 Å². The Bertz CT molecular complexity index is 1590. The zero-order chi connectivity index (χ0) is 55.0. The maximum atomic E-state index is 12.9. The fourth-order valence-electron chi connectivity index (χ4n) is 8.56. The summed E-state index contributed by atoms with van der Waals surface area (Å²) in [6, 6.07) is 0. The predicted molar refractivity (Wildman–Crippen MR) is 330 cm³/mol. The van der Waals surface area contributed by atoms with E-state index in [-0.39, 0.29) is 31.1 Å². The molecule has 0 aromatic heterocycles.